The Balaban J connectivity index is 1.54. The van der Waals surface area contributed by atoms with Crippen LogP contribution in [0.4, 0.5) is 10.1 Å². The maximum Gasteiger partial charge on any atom is 0.260 e. The highest BCUT2D eigenvalue weighted by Crippen LogP contribution is 2.35. The van der Waals surface area contributed by atoms with Crippen LogP contribution < -0.4 is 10.9 Å². The summed E-state index contributed by atoms with van der Waals surface area (Å²) in [5.74, 6) is -0.563. The highest BCUT2D eigenvalue weighted by molar-refractivity contribution is 7.99. The van der Waals surface area contributed by atoms with E-state index in [1.807, 2.05) is 37.3 Å². The van der Waals surface area contributed by atoms with E-state index in [4.69, 9.17) is 0 Å². The molecular weight excluding hydrogens is 409 g/mol. The zero-order valence-corrected chi connectivity index (χ0v) is 17.0. The van der Waals surface area contributed by atoms with E-state index in [-0.39, 0.29) is 23.0 Å². The molecule has 146 valence electrons. The molecule has 0 fully saturated rings. The number of aromatic nitrogens is 2. The van der Waals surface area contributed by atoms with Gasteiger partial charge < -0.3 is 10.3 Å². The van der Waals surface area contributed by atoms with E-state index in [2.05, 4.69) is 15.3 Å². The second-order valence-electron chi connectivity index (χ2n) is 6.29. The number of hydrogen-bond acceptors (Lipinski definition) is 5. The van der Waals surface area contributed by atoms with Gasteiger partial charge in [0.05, 0.1) is 11.1 Å². The van der Waals surface area contributed by atoms with Gasteiger partial charge >= 0.3 is 0 Å². The molecule has 0 aliphatic carbocycles. The van der Waals surface area contributed by atoms with Gasteiger partial charge in [-0.15, -0.1) is 11.3 Å². The molecule has 2 aromatic heterocycles. The predicted octanol–water partition coefficient (Wildman–Crippen LogP) is 4.83. The van der Waals surface area contributed by atoms with Crippen LogP contribution in [-0.4, -0.2) is 21.6 Å². The molecule has 0 unspecified atom stereocenters. The Labute approximate surface area is 174 Å². The number of carbonyl (C=O) groups excluding carboxylic acids is 1. The molecule has 2 heterocycles. The van der Waals surface area contributed by atoms with Gasteiger partial charge in [0.25, 0.3) is 5.56 Å². The third-order valence-corrected chi connectivity index (χ3v) is 6.12. The number of fused-ring (bicyclic) bond motifs is 1. The maximum absolute atomic E-state index is 12.9. The quantitative estimate of drug-likeness (QED) is 0.355. The summed E-state index contributed by atoms with van der Waals surface area (Å²) in [6, 6.07) is 15.3. The minimum absolute atomic E-state index is 0.0712. The highest BCUT2D eigenvalue weighted by atomic mass is 32.2. The number of rotatable bonds is 5. The van der Waals surface area contributed by atoms with Crippen LogP contribution in [0.25, 0.3) is 21.3 Å². The number of anilines is 1. The maximum atomic E-state index is 12.9. The van der Waals surface area contributed by atoms with Crippen molar-refractivity contribution in [1.82, 2.24) is 9.97 Å². The molecule has 2 aromatic carbocycles. The summed E-state index contributed by atoms with van der Waals surface area (Å²) in [5.41, 5.74) is 2.16. The van der Waals surface area contributed by atoms with E-state index in [0.717, 1.165) is 27.8 Å². The molecule has 4 aromatic rings. The molecule has 0 saturated heterocycles. The molecule has 0 bridgehead atoms. The topological polar surface area (TPSA) is 74.8 Å². The molecule has 0 aliphatic rings. The minimum atomic E-state index is -0.367. The monoisotopic (exact) mass is 425 g/mol. The first kappa shape index (κ1) is 19.4. The number of amides is 1. The smallest absolute Gasteiger partial charge is 0.260 e. The van der Waals surface area contributed by atoms with Gasteiger partial charge in [0.15, 0.2) is 5.16 Å². The van der Waals surface area contributed by atoms with Crippen LogP contribution in [0.1, 0.15) is 4.88 Å². The first-order chi connectivity index (χ1) is 14.0. The fourth-order valence-corrected chi connectivity index (χ4v) is 4.75. The van der Waals surface area contributed by atoms with Crippen molar-refractivity contribution in [3.8, 4) is 11.1 Å². The summed E-state index contributed by atoms with van der Waals surface area (Å²) in [7, 11) is 0. The lowest BCUT2D eigenvalue weighted by Crippen LogP contribution is -2.15. The fraction of sp³-hybridized carbons (Fsp3) is 0.0952. The molecule has 4 rings (SSSR count). The molecular formula is C21H16FN3O2S2. The average molecular weight is 426 g/mol. The fourth-order valence-electron chi connectivity index (χ4n) is 2.98. The van der Waals surface area contributed by atoms with Crippen molar-refractivity contribution in [2.45, 2.75) is 12.1 Å². The Morgan fingerprint density at radius 3 is 2.62 bits per heavy atom. The Kier molecular flexibility index (Phi) is 5.46. The van der Waals surface area contributed by atoms with Crippen molar-refractivity contribution in [1.29, 1.82) is 0 Å². The number of H-pyrrole nitrogens is 1. The Bertz CT molecular complexity index is 1230. The lowest BCUT2D eigenvalue weighted by molar-refractivity contribution is -0.113. The molecule has 8 heteroatoms. The third-order valence-electron chi connectivity index (χ3n) is 4.25. The van der Waals surface area contributed by atoms with Gasteiger partial charge in [0.1, 0.15) is 10.6 Å². The molecule has 29 heavy (non-hydrogen) atoms. The number of aromatic amines is 1. The standard InChI is InChI=1S/C21H16FN3O2S2/c1-12-17(13-5-3-2-4-6-13)18-19(27)24-21(25-20(18)29-12)28-11-16(26)23-15-9-7-14(22)8-10-15/h2-10H,11H2,1H3,(H,23,26)(H,24,25,27). The van der Waals surface area contributed by atoms with E-state index in [9.17, 15) is 14.0 Å². The van der Waals surface area contributed by atoms with Crippen molar-refractivity contribution in [3.05, 3.63) is 75.6 Å². The number of carbonyl (C=O) groups is 1. The molecule has 0 radical (unpaired) electrons. The van der Waals surface area contributed by atoms with Crippen molar-refractivity contribution in [3.63, 3.8) is 0 Å². The summed E-state index contributed by atoms with van der Waals surface area (Å²) in [4.78, 5) is 33.8. The second-order valence-corrected chi connectivity index (χ2v) is 8.46. The van der Waals surface area contributed by atoms with Gasteiger partial charge in [0, 0.05) is 16.1 Å². The summed E-state index contributed by atoms with van der Waals surface area (Å²) in [5, 5.41) is 3.64. The van der Waals surface area contributed by atoms with Crippen molar-refractivity contribution in [2.75, 3.05) is 11.1 Å². The number of halogens is 1. The molecule has 0 spiro atoms. The summed E-state index contributed by atoms with van der Waals surface area (Å²) in [6.07, 6.45) is 0. The van der Waals surface area contributed by atoms with Crippen LogP contribution in [0.5, 0.6) is 0 Å². The van der Waals surface area contributed by atoms with E-state index in [1.165, 1.54) is 35.6 Å². The zero-order chi connectivity index (χ0) is 20.4. The Hall–Kier alpha value is -2.97. The van der Waals surface area contributed by atoms with Crippen molar-refractivity contribution >= 4 is 44.9 Å². The number of hydrogen-bond donors (Lipinski definition) is 2. The normalized spacial score (nSPS) is 11.0. The average Bonchev–Trinajstić information content (AvgIpc) is 3.05. The van der Waals surface area contributed by atoms with Crippen molar-refractivity contribution in [2.24, 2.45) is 0 Å². The van der Waals surface area contributed by atoms with Crippen molar-refractivity contribution < 1.29 is 9.18 Å². The first-order valence-corrected chi connectivity index (χ1v) is 10.6. The van der Waals surface area contributed by atoms with Gasteiger partial charge in [-0.25, -0.2) is 9.37 Å². The number of nitrogens with one attached hydrogen (secondary N) is 2. The molecule has 0 atom stereocenters. The Morgan fingerprint density at radius 2 is 1.90 bits per heavy atom. The zero-order valence-electron chi connectivity index (χ0n) is 15.4. The molecule has 0 saturated carbocycles. The van der Waals surface area contributed by atoms with Crippen LogP contribution in [0, 0.1) is 12.7 Å². The van der Waals surface area contributed by atoms with Crippen LogP contribution in [0.3, 0.4) is 0 Å². The first-order valence-electron chi connectivity index (χ1n) is 8.78. The van der Waals surface area contributed by atoms with Gasteiger partial charge in [-0.2, -0.15) is 0 Å². The van der Waals surface area contributed by atoms with Crippen LogP contribution in [-0.2, 0) is 4.79 Å². The molecule has 5 nitrogen and oxygen atoms in total. The molecule has 1 amide bonds. The number of thiophene rings is 1. The number of thioether (sulfide) groups is 1. The Morgan fingerprint density at radius 1 is 1.17 bits per heavy atom. The van der Waals surface area contributed by atoms with Gasteiger partial charge in [-0.3, -0.25) is 9.59 Å². The third kappa shape index (κ3) is 4.23. The second kappa shape index (κ2) is 8.18. The van der Waals surface area contributed by atoms with Gasteiger partial charge in [0.2, 0.25) is 5.91 Å². The molecule has 0 aliphatic heterocycles. The van der Waals surface area contributed by atoms with E-state index in [0.29, 0.717) is 21.1 Å². The van der Waals surface area contributed by atoms with E-state index >= 15 is 0 Å². The lowest BCUT2D eigenvalue weighted by atomic mass is 10.0. The molecule has 2 N–H and O–H groups in total. The summed E-state index contributed by atoms with van der Waals surface area (Å²) in [6.45, 7) is 1.97. The number of benzene rings is 2. The van der Waals surface area contributed by atoms with Gasteiger partial charge in [-0.05, 0) is 36.8 Å². The number of nitrogens with zero attached hydrogens (tertiary/aromatic N) is 1. The SMILES string of the molecule is Cc1sc2nc(SCC(=O)Nc3ccc(F)cc3)[nH]c(=O)c2c1-c1ccccc1. The number of aryl methyl sites for hydroxylation is 1. The predicted molar refractivity (Wildman–Crippen MR) is 116 cm³/mol. The summed E-state index contributed by atoms with van der Waals surface area (Å²) >= 11 is 2.60. The van der Waals surface area contributed by atoms with E-state index in [1.54, 1.807) is 0 Å². The van der Waals surface area contributed by atoms with Crippen LogP contribution >= 0.6 is 23.1 Å². The highest BCUT2D eigenvalue weighted by Gasteiger charge is 2.17. The van der Waals surface area contributed by atoms with Crippen LogP contribution in [0.15, 0.2) is 64.5 Å². The largest absolute Gasteiger partial charge is 0.325 e. The lowest BCUT2D eigenvalue weighted by Gasteiger charge is -2.05. The van der Waals surface area contributed by atoms with Crippen LogP contribution in [0.2, 0.25) is 0 Å². The van der Waals surface area contributed by atoms with E-state index < -0.39 is 0 Å². The summed E-state index contributed by atoms with van der Waals surface area (Å²) < 4.78 is 12.9. The minimum Gasteiger partial charge on any atom is -0.325 e. The van der Waals surface area contributed by atoms with Gasteiger partial charge in [-0.1, -0.05) is 42.1 Å².